The highest BCUT2D eigenvalue weighted by Crippen LogP contribution is 2.34. The Morgan fingerprint density at radius 3 is 2.73 bits per heavy atom. The van der Waals surface area contributed by atoms with Gasteiger partial charge in [-0.1, -0.05) is 0 Å². The smallest absolute Gasteiger partial charge is 0.256 e. The van der Waals surface area contributed by atoms with Gasteiger partial charge < -0.3 is 30.4 Å². The fourth-order valence-electron chi connectivity index (χ4n) is 4.13. The third-order valence-corrected chi connectivity index (χ3v) is 5.87. The van der Waals surface area contributed by atoms with Crippen LogP contribution in [0.2, 0.25) is 0 Å². The number of amides is 3. The van der Waals surface area contributed by atoms with Crippen LogP contribution in [0.15, 0.2) is 18.2 Å². The summed E-state index contributed by atoms with van der Waals surface area (Å²) in [5.41, 5.74) is 3.15. The zero-order chi connectivity index (χ0) is 23.7. The fraction of sp³-hybridized carbons (Fsp3) is 0.348. The number of aliphatic hydroxyl groups is 1. The van der Waals surface area contributed by atoms with Crippen molar-refractivity contribution in [1.29, 1.82) is 0 Å². The van der Waals surface area contributed by atoms with E-state index in [2.05, 4.69) is 15.6 Å². The van der Waals surface area contributed by atoms with Crippen molar-refractivity contribution in [3.63, 3.8) is 0 Å². The highest BCUT2D eigenvalue weighted by atomic mass is 19.1. The van der Waals surface area contributed by atoms with Gasteiger partial charge in [0, 0.05) is 35.7 Å². The molecule has 0 bridgehead atoms. The molecule has 10 heteroatoms. The molecule has 0 unspecified atom stereocenters. The van der Waals surface area contributed by atoms with Crippen LogP contribution in [-0.2, 0) is 14.3 Å². The summed E-state index contributed by atoms with van der Waals surface area (Å²) in [5, 5.41) is 15.0. The van der Waals surface area contributed by atoms with Crippen LogP contribution in [0, 0.1) is 19.7 Å². The second kappa shape index (κ2) is 9.16. The Balaban J connectivity index is 1.58. The van der Waals surface area contributed by atoms with Gasteiger partial charge in [0.1, 0.15) is 11.9 Å². The minimum atomic E-state index is -1.08. The molecule has 4 rings (SSSR count). The van der Waals surface area contributed by atoms with Gasteiger partial charge in [0.15, 0.2) is 0 Å². The number of hydrogen-bond donors (Lipinski definition) is 4. The number of aromatic amines is 1. The Labute approximate surface area is 189 Å². The first kappa shape index (κ1) is 22.7. The number of H-pyrrole nitrogens is 1. The maximum atomic E-state index is 13.7. The van der Waals surface area contributed by atoms with Crippen LogP contribution < -0.4 is 10.6 Å². The van der Waals surface area contributed by atoms with E-state index >= 15 is 0 Å². The zero-order valence-corrected chi connectivity index (χ0v) is 18.3. The van der Waals surface area contributed by atoms with Crippen molar-refractivity contribution < 1.29 is 28.6 Å². The topological polar surface area (TPSA) is 124 Å². The van der Waals surface area contributed by atoms with E-state index in [1.807, 2.05) is 0 Å². The average Bonchev–Trinajstić information content (AvgIpc) is 3.26. The number of anilines is 1. The number of halogens is 1. The average molecular weight is 456 g/mol. The molecule has 3 amide bonds. The number of aryl methyl sites for hydroxylation is 1. The number of morpholine rings is 1. The number of aliphatic hydroxyl groups excluding tert-OH is 1. The number of carbonyl (C=O) groups excluding carboxylic acids is 3. The highest BCUT2D eigenvalue weighted by Gasteiger charge is 2.29. The van der Waals surface area contributed by atoms with Crippen LogP contribution >= 0.6 is 0 Å². The van der Waals surface area contributed by atoms with Crippen molar-refractivity contribution in [3.8, 4) is 0 Å². The molecule has 1 atom stereocenters. The largest absolute Gasteiger partial charge is 0.394 e. The third-order valence-electron chi connectivity index (χ3n) is 5.87. The molecule has 2 aliphatic rings. The van der Waals surface area contributed by atoms with Crippen molar-refractivity contribution >= 4 is 35.1 Å². The maximum Gasteiger partial charge on any atom is 0.256 e. The van der Waals surface area contributed by atoms with Gasteiger partial charge in [0.05, 0.1) is 31.0 Å². The lowest BCUT2D eigenvalue weighted by Crippen LogP contribution is -2.53. The van der Waals surface area contributed by atoms with E-state index in [1.54, 1.807) is 24.8 Å². The summed E-state index contributed by atoms with van der Waals surface area (Å²) in [6.45, 7) is 4.49. The first-order valence-electron chi connectivity index (χ1n) is 10.6. The molecule has 2 aliphatic heterocycles. The third kappa shape index (κ3) is 4.39. The lowest BCUT2D eigenvalue weighted by Gasteiger charge is -2.30. The van der Waals surface area contributed by atoms with Gasteiger partial charge in [0.25, 0.3) is 11.8 Å². The van der Waals surface area contributed by atoms with Crippen LogP contribution in [-0.4, -0.2) is 71.7 Å². The molecule has 174 valence electrons. The second-order valence-electron chi connectivity index (χ2n) is 8.01. The molecule has 4 N–H and O–H groups in total. The van der Waals surface area contributed by atoms with Crippen LogP contribution in [0.1, 0.15) is 32.9 Å². The number of nitrogens with one attached hydrogen (secondary N) is 3. The second-order valence-corrected chi connectivity index (χ2v) is 8.01. The molecule has 1 aromatic carbocycles. The van der Waals surface area contributed by atoms with Crippen molar-refractivity contribution in [2.45, 2.75) is 19.9 Å². The summed E-state index contributed by atoms with van der Waals surface area (Å²) in [4.78, 5) is 42.8. The van der Waals surface area contributed by atoms with E-state index < -0.39 is 24.4 Å². The fourth-order valence-corrected chi connectivity index (χ4v) is 4.13. The molecule has 1 saturated heterocycles. The standard InChI is InChI=1S/C23H25FN4O5/c1-12-18(10-16-15-9-14(24)3-4-17(15)26-21(16)30)25-13(2)20(12)22(31)27-19(11-29)23(32)28-5-7-33-8-6-28/h3-4,9-10,19,25,29H,5-8,11H2,1-2H3,(H,26,30)(H,27,31)/t19-/m1/s1. The number of carbonyl (C=O) groups is 3. The minimum Gasteiger partial charge on any atom is -0.394 e. The van der Waals surface area contributed by atoms with Crippen molar-refractivity contribution in [2.75, 3.05) is 38.2 Å². The first-order chi connectivity index (χ1) is 15.8. The number of nitrogens with zero attached hydrogens (tertiary/aromatic N) is 1. The summed E-state index contributed by atoms with van der Waals surface area (Å²) < 4.78 is 19.0. The highest BCUT2D eigenvalue weighted by molar-refractivity contribution is 6.34. The van der Waals surface area contributed by atoms with Crippen molar-refractivity contribution in [2.24, 2.45) is 0 Å². The van der Waals surface area contributed by atoms with Crippen LogP contribution in [0.4, 0.5) is 10.1 Å². The van der Waals surface area contributed by atoms with E-state index in [1.165, 1.54) is 18.2 Å². The quantitative estimate of drug-likeness (QED) is 0.504. The summed E-state index contributed by atoms with van der Waals surface area (Å²) in [7, 11) is 0. The molecular formula is C23H25FN4O5. The Bertz CT molecular complexity index is 1150. The van der Waals surface area contributed by atoms with E-state index in [-0.39, 0.29) is 17.4 Å². The first-order valence-corrected chi connectivity index (χ1v) is 10.6. The predicted octanol–water partition coefficient (Wildman–Crippen LogP) is 1.21. The molecule has 1 fully saturated rings. The molecule has 0 saturated carbocycles. The van der Waals surface area contributed by atoms with Crippen molar-refractivity contribution in [1.82, 2.24) is 15.2 Å². The van der Waals surface area contributed by atoms with Crippen LogP contribution in [0.25, 0.3) is 11.6 Å². The molecule has 0 radical (unpaired) electrons. The van der Waals surface area contributed by atoms with E-state index in [0.29, 0.717) is 60.1 Å². The van der Waals surface area contributed by atoms with Gasteiger partial charge >= 0.3 is 0 Å². The van der Waals surface area contributed by atoms with Crippen LogP contribution in [0.5, 0.6) is 0 Å². The SMILES string of the molecule is Cc1[nH]c(C=C2C(=O)Nc3ccc(F)cc32)c(C)c1C(=O)N[C@H](CO)C(=O)N1CCOCC1. The van der Waals surface area contributed by atoms with Gasteiger partial charge in [-0.25, -0.2) is 4.39 Å². The summed E-state index contributed by atoms with van der Waals surface area (Å²) >= 11 is 0. The lowest BCUT2D eigenvalue weighted by atomic mass is 10.0. The summed E-state index contributed by atoms with van der Waals surface area (Å²) in [6.07, 6.45) is 1.57. The molecule has 0 spiro atoms. The molecule has 3 heterocycles. The maximum absolute atomic E-state index is 13.7. The number of fused-ring (bicyclic) bond motifs is 1. The van der Waals surface area contributed by atoms with Gasteiger partial charge in [-0.05, 0) is 43.7 Å². The number of ether oxygens (including phenoxy) is 1. The normalized spacial score (nSPS) is 17.6. The Morgan fingerprint density at radius 2 is 2.03 bits per heavy atom. The number of benzene rings is 1. The van der Waals surface area contributed by atoms with Gasteiger partial charge in [0.2, 0.25) is 5.91 Å². The Morgan fingerprint density at radius 1 is 1.30 bits per heavy atom. The number of hydrogen-bond acceptors (Lipinski definition) is 5. The zero-order valence-electron chi connectivity index (χ0n) is 18.3. The molecular weight excluding hydrogens is 431 g/mol. The molecule has 9 nitrogen and oxygen atoms in total. The molecule has 0 aliphatic carbocycles. The number of rotatable bonds is 5. The van der Waals surface area contributed by atoms with Gasteiger partial charge in [-0.15, -0.1) is 0 Å². The number of aromatic nitrogens is 1. The summed E-state index contributed by atoms with van der Waals surface area (Å²) in [6, 6.07) is 2.96. The molecule has 2 aromatic rings. The lowest BCUT2D eigenvalue weighted by molar-refractivity contribution is -0.138. The minimum absolute atomic E-state index is 0.275. The molecule has 33 heavy (non-hydrogen) atoms. The van der Waals surface area contributed by atoms with Crippen LogP contribution in [0.3, 0.4) is 0 Å². The van der Waals surface area contributed by atoms with Crippen molar-refractivity contribution in [3.05, 3.63) is 52.1 Å². The van der Waals surface area contributed by atoms with E-state index in [0.717, 1.165) is 0 Å². The van der Waals surface area contributed by atoms with Gasteiger partial charge in [-0.3, -0.25) is 14.4 Å². The van der Waals surface area contributed by atoms with Gasteiger partial charge in [-0.2, -0.15) is 0 Å². The monoisotopic (exact) mass is 456 g/mol. The van der Waals surface area contributed by atoms with E-state index in [9.17, 15) is 23.9 Å². The van der Waals surface area contributed by atoms with E-state index in [4.69, 9.17) is 4.74 Å². The Kier molecular flexibility index (Phi) is 6.30. The summed E-state index contributed by atoms with van der Waals surface area (Å²) in [5.74, 6) is -1.72. The predicted molar refractivity (Wildman–Crippen MR) is 119 cm³/mol. The molecule has 1 aromatic heterocycles. The Hall–Kier alpha value is -3.50.